The highest BCUT2D eigenvalue weighted by atomic mass is 79.9. The maximum atomic E-state index is 11.3. The normalized spacial score (nSPS) is 9.69. The number of benzene rings is 1. The van der Waals surface area contributed by atoms with E-state index in [1.54, 1.807) is 19.1 Å². The van der Waals surface area contributed by atoms with Crippen molar-refractivity contribution in [3.8, 4) is 5.75 Å². The molecule has 70 valence electrons. The lowest BCUT2D eigenvalue weighted by atomic mass is 10.2. The summed E-state index contributed by atoms with van der Waals surface area (Å²) in [6, 6.07) is 4.67. The van der Waals surface area contributed by atoms with E-state index in [1.807, 2.05) is 0 Å². The summed E-state index contributed by atoms with van der Waals surface area (Å²) < 4.78 is 5.15. The number of rotatable bonds is 2. The van der Waals surface area contributed by atoms with Gasteiger partial charge < -0.3 is 9.84 Å². The first-order chi connectivity index (χ1) is 6.16. The molecule has 0 aliphatic carbocycles. The number of hydrogen-bond donors (Lipinski definition) is 1. The molecule has 0 saturated heterocycles. The fraction of sp³-hybridized carbons (Fsp3) is 0.222. The highest BCUT2D eigenvalue weighted by Gasteiger charge is 2.12. The van der Waals surface area contributed by atoms with Gasteiger partial charge in [-0.25, -0.2) is 4.79 Å². The van der Waals surface area contributed by atoms with Gasteiger partial charge in [0.05, 0.1) is 16.6 Å². The first kappa shape index (κ1) is 10.1. The molecule has 0 fully saturated rings. The summed E-state index contributed by atoms with van der Waals surface area (Å²) in [7, 11) is 0. The summed E-state index contributed by atoms with van der Waals surface area (Å²) in [4.78, 5) is 11.3. The molecule has 4 heteroatoms. The van der Waals surface area contributed by atoms with E-state index in [0.717, 1.165) is 0 Å². The van der Waals surface area contributed by atoms with Gasteiger partial charge in [0.15, 0.2) is 0 Å². The maximum absolute atomic E-state index is 11.3. The van der Waals surface area contributed by atoms with Gasteiger partial charge >= 0.3 is 5.97 Å². The third-order valence-corrected chi connectivity index (χ3v) is 2.31. The van der Waals surface area contributed by atoms with Gasteiger partial charge in [-0.2, -0.15) is 0 Å². The van der Waals surface area contributed by atoms with Crippen LogP contribution in [0.1, 0.15) is 17.3 Å². The van der Waals surface area contributed by atoms with E-state index in [2.05, 4.69) is 15.9 Å². The van der Waals surface area contributed by atoms with Gasteiger partial charge in [-0.1, -0.05) is 6.07 Å². The Hall–Kier alpha value is -1.03. The van der Waals surface area contributed by atoms with Crippen LogP contribution in [0.5, 0.6) is 5.75 Å². The highest BCUT2D eigenvalue weighted by molar-refractivity contribution is 9.10. The van der Waals surface area contributed by atoms with Crippen molar-refractivity contribution < 1.29 is 14.6 Å². The van der Waals surface area contributed by atoms with E-state index >= 15 is 0 Å². The van der Waals surface area contributed by atoms with Crippen molar-refractivity contribution in [2.45, 2.75) is 6.92 Å². The Morgan fingerprint density at radius 1 is 1.62 bits per heavy atom. The van der Waals surface area contributed by atoms with Crippen molar-refractivity contribution in [1.82, 2.24) is 0 Å². The van der Waals surface area contributed by atoms with Crippen LogP contribution in [0.4, 0.5) is 0 Å². The van der Waals surface area contributed by atoms with Crippen LogP contribution in [0, 0.1) is 0 Å². The Balaban J connectivity index is 3.01. The summed E-state index contributed by atoms with van der Waals surface area (Å²) in [5, 5.41) is 9.26. The zero-order valence-electron chi connectivity index (χ0n) is 7.08. The predicted octanol–water partition coefficient (Wildman–Crippen LogP) is 2.33. The molecule has 0 amide bonds. The van der Waals surface area contributed by atoms with Gasteiger partial charge in [-0.3, -0.25) is 0 Å². The number of hydrogen-bond acceptors (Lipinski definition) is 3. The van der Waals surface area contributed by atoms with Gasteiger partial charge in [0.2, 0.25) is 0 Å². The lowest BCUT2D eigenvalue weighted by molar-refractivity contribution is 0.0525. The molecule has 0 spiro atoms. The summed E-state index contributed by atoms with van der Waals surface area (Å²) in [5.74, 6) is -0.407. The quantitative estimate of drug-likeness (QED) is 0.813. The second-order valence-electron chi connectivity index (χ2n) is 2.36. The van der Waals surface area contributed by atoms with Crippen LogP contribution >= 0.6 is 15.9 Å². The number of carbonyl (C=O) groups is 1. The second-order valence-corrected chi connectivity index (χ2v) is 3.15. The standard InChI is InChI=1S/C9H9BrO3/c1-2-13-9(12)6-4-3-5-7(11)8(6)10/h3-5,11H,2H2,1H3. The Bertz CT molecular complexity index is 323. The number of ether oxygens (including phenoxy) is 1. The zero-order chi connectivity index (χ0) is 9.84. The monoisotopic (exact) mass is 244 g/mol. The SMILES string of the molecule is CCOC(=O)c1cccc(O)c1Br. The third-order valence-electron chi connectivity index (χ3n) is 1.47. The van der Waals surface area contributed by atoms with Crippen LogP contribution in [-0.2, 0) is 4.74 Å². The second kappa shape index (κ2) is 4.28. The molecule has 1 rings (SSSR count). The molecule has 1 aromatic carbocycles. The molecule has 0 aliphatic heterocycles. The fourth-order valence-corrected chi connectivity index (χ4v) is 1.31. The van der Waals surface area contributed by atoms with Crippen molar-refractivity contribution >= 4 is 21.9 Å². The van der Waals surface area contributed by atoms with Crippen molar-refractivity contribution in [2.75, 3.05) is 6.61 Å². The topological polar surface area (TPSA) is 46.5 Å². The summed E-state index contributed by atoms with van der Waals surface area (Å²) in [5.41, 5.74) is 0.335. The highest BCUT2D eigenvalue weighted by Crippen LogP contribution is 2.27. The molecule has 1 aromatic rings. The number of halogens is 1. The van der Waals surface area contributed by atoms with Crippen LogP contribution in [0.2, 0.25) is 0 Å². The Kier molecular flexibility index (Phi) is 3.31. The Morgan fingerprint density at radius 2 is 2.31 bits per heavy atom. The first-order valence-electron chi connectivity index (χ1n) is 3.81. The Morgan fingerprint density at radius 3 is 2.92 bits per heavy atom. The molecule has 0 radical (unpaired) electrons. The number of esters is 1. The van der Waals surface area contributed by atoms with Crippen molar-refractivity contribution in [2.24, 2.45) is 0 Å². The molecule has 0 aromatic heterocycles. The minimum atomic E-state index is -0.440. The van der Waals surface area contributed by atoms with Crippen molar-refractivity contribution in [1.29, 1.82) is 0 Å². The molecule has 0 unspecified atom stereocenters. The number of phenols is 1. The smallest absolute Gasteiger partial charge is 0.339 e. The average molecular weight is 245 g/mol. The van der Waals surface area contributed by atoms with Crippen molar-refractivity contribution in [3.63, 3.8) is 0 Å². The molecule has 0 aliphatic rings. The minimum absolute atomic E-state index is 0.0329. The van der Waals surface area contributed by atoms with Gasteiger partial charge in [0, 0.05) is 0 Å². The van der Waals surface area contributed by atoms with Gasteiger partial charge in [0.25, 0.3) is 0 Å². The molecule has 0 saturated carbocycles. The lowest BCUT2D eigenvalue weighted by Gasteiger charge is -2.04. The summed E-state index contributed by atoms with van der Waals surface area (Å²) >= 11 is 3.10. The molecule has 1 N–H and O–H groups in total. The molecular weight excluding hydrogens is 236 g/mol. The van der Waals surface area contributed by atoms with E-state index in [-0.39, 0.29) is 5.75 Å². The van der Waals surface area contributed by atoms with E-state index in [4.69, 9.17) is 4.74 Å². The third kappa shape index (κ3) is 2.21. The van der Waals surface area contributed by atoms with Gasteiger partial charge in [-0.05, 0) is 35.0 Å². The van der Waals surface area contributed by atoms with Crippen LogP contribution in [0.3, 0.4) is 0 Å². The molecule has 0 bridgehead atoms. The largest absolute Gasteiger partial charge is 0.507 e. The first-order valence-corrected chi connectivity index (χ1v) is 4.60. The number of carbonyl (C=O) groups excluding carboxylic acids is 1. The number of aromatic hydroxyl groups is 1. The maximum Gasteiger partial charge on any atom is 0.339 e. The molecular formula is C9H9BrO3. The van der Waals surface area contributed by atoms with Crippen LogP contribution < -0.4 is 0 Å². The fourth-order valence-electron chi connectivity index (χ4n) is 0.886. The minimum Gasteiger partial charge on any atom is -0.507 e. The molecule has 3 nitrogen and oxygen atoms in total. The summed E-state index contributed by atoms with van der Waals surface area (Å²) in [6.45, 7) is 2.05. The van der Waals surface area contributed by atoms with E-state index < -0.39 is 5.97 Å². The van der Waals surface area contributed by atoms with Gasteiger partial charge in [0.1, 0.15) is 5.75 Å². The molecule has 13 heavy (non-hydrogen) atoms. The van der Waals surface area contributed by atoms with Gasteiger partial charge in [-0.15, -0.1) is 0 Å². The zero-order valence-corrected chi connectivity index (χ0v) is 8.67. The predicted molar refractivity (Wildman–Crippen MR) is 51.8 cm³/mol. The van der Waals surface area contributed by atoms with E-state index in [9.17, 15) is 9.90 Å². The van der Waals surface area contributed by atoms with Crippen LogP contribution in [0.25, 0.3) is 0 Å². The summed E-state index contributed by atoms with van der Waals surface area (Å²) in [6.07, 6.45) is 0. The number of phenolic OH excluding ortho intramolecular Hbond substituents is 1. The van der Waals surface area contributed by atoms with E-state index in [1.165, 1.54) is 6.07 Å². The molecule has 0 heterocycles. The van der Waals surface area contributed by atoms with Crippen molar-refractivity contribution in [3.05, 3.63) is 28.2 Å². The average Bonchev–Trinajstić information content (AvgIpc) is 2.10. The molecule has 0 atom stereocenters. The van der Waals surface area contributed by atoms with Crippen LogP contribution in [0.15, 0.2) is 22.7 Å². The lowest BCUT2D eigenvalue weighted by Crippen LogP contribution is -2.05. The van der Waals surface area contributed by atoms with Crippen LogP contribution in [-0.4, -0.2) is 17.7 Å². The van der Waals surface area contributed by atoms with E-state index in [0.29, 0.717) is 16.6 Å². The Labute approximate surface area is 84.5 Å².